The molecule has 0 saturated heterocycles. The summed E-state index contributed by atoms with van der Waals surface area (Å²) >= 11 is 0. The molecule has 0 saturated carbocycles. The van der Waals surface area contributed by atoms with Crippen LogP contribution in [0.4, 0.5) is 17.1 Å². The maximum Gasteiger partial charge on any atom is 0.302 e. The molecule has 0 spiro atoms. The number of carbonyl (C=O) groups is 1. The molecule has 0 aliphatic heterocycles. The lowest BCUT2D eigenvalue weighted by Crippen LogP contribution is -2.20. The number of primary amides is 1. The van der Waals surface area contributed by atoms with E-state index in [1.807, 2.05) is 13.8 Å². The fraction of sp³-hybridized carbons (Fsp3) is 0.500. The first kappa shape index (κ1) is 18.3. The Morgan fingerprint density at radius 1 is 1.26 bits per heavy atom. The molecule has 3 N–H and O–H groups in total. The minimum atomic E-state index is -0.711. The number of nitro benzene ring substituents is 2. The second kappa shape index (κ2) is 7.52. The molecule has 0 aliphatic carbocycles. The van der Waals surface area contributed by atoms with Gasteiger partial charge in [0.1, 0.15) is 0 Å². The zero-order chi connectivity index (χ0) is 17.7. The Morgan fingerprint density at radius 2 is 1.83 bits per heavy atom. The Labute approximate surface area is 133 Å². The van der Waals surface area contributed by atoms with Crippen molar-refractivity contribution >= 4 is 23.0 Å². The molecule has 126 valence electrons. The maximum atomic E-state index is 11.4. The van der Waals surface area contributed by atoms with Crippen LogP contribution in [0, 0.1) is 27.2 Å². The molecule has 0 fully saturated rings. The lowest BCUT2D eigenvalue weighted by Gasteiger charge is -2.18. The topological polar surface area (TPSA) is 141 Å². The van der Waals surface area contributed by atoms with Crippen LogP contribution in [0.25, 0.3) is 0 Å². The molecule has 1 aromatic carbocycles. The number of nitrogens with two attached hydrogens (primary N) is 1. The third-order valence-electron chi connectivity index (χ3n) is 3.72. The van der Waals surface area contributed by atoms with Crippen LogP contribution in [0.5, 0.6) is 0 Å². The summed E-state index contributed by atoms with van der Waals surface area (Å²) in [6.45, 7) is 5.22. The van der Waals surface area contributed by atoms with Gasteiger partial charge in [-0.15, -0.1) is 0 Å². The van der Waals surface area contributed by atoms with Crippen LogP contribution in [0.15, 0.2) is 6.07 Å². The van der Waals surface area contributed by atoms with Gasteiger partial charge in [-0.25, -0.2) is 0 Å². The summed E-state index contributed by atoms with van der Waals surface area (Å²) in [5, 5.41) is 25.7. The second-order valence-electron chi connectivity index (χ2n) is 5.22. The van der Waals surface area contributed by atoms with E-state index in [-0.39, 0.29) is 35.0 Å². The molecular formula is C14H20N4O5. The van der Waals surface area contributed by atoms with E-state index in [0.717, 1.165) is 0 Å². The van der Waals surface area contributed by atoms with Gasteiger partial charge in [-0.1, -0.05) is 13.8 Å². The molecule has 0 aromatic heterocycles. The van der Waals surface area contributed by atoms with Crippen molar-refractivity contribution in [2.45, 2.75) is 46.1 Å². The van der Waals surface area contributed by atoms with Crippen LogP contribution in [-0.2, 0) is 11.2 Å². The average molecular weight is 324 g/mol. The smallest absolute Gasteiger partial charge is 0.302 e. The van der Waals surface area contributed by atoms with Crippen molar-refractivity contribution in [1.29, 1.82) is 0 Å². The molecular weight excluding hydrogens is 304 g/mol. The van der Waals surface area contributed by atoms with Gasteiger partial charge in [0, 0.05) is 17.7 Å². The van der Waals surface area contributed by atoms with E-state index < -0.39 is 21.4 Å². The lowest BCUT2D eigenvalue weighted by molar-refractivity contribution is -0.392. The van der Waals surface area contributed by atoms with Gasteiger partial charge in [0.05, 0.1) is 16.3 Å². The summed E-state index contributed by atoms with van der Waals surface area (Å²) in [5.74, 6) is -0.711. The minimum absolute atomic E-state index is 0.126. The first-order chi connectivity index (χ1) is 10.7. The van der Waals surface area contributed by atoms with E-state index in [0.29, 0.717) is 12.8 Å². The summed E-state index contributed by atoms with van der Waals surface area (Å²) in [7, 11) is 0. The number of nitrogens with one attached hydrogen (secondary N) is 1. The highest BCUT2D eigenvalue weighted by Gasteiger charge is 2.31. The quantitative estimate of drug-likeness (QED) is 0.555. The monoisotopic (exact) mass is 324 g/mol. The molecule has 0 aliphatic rings. The van der Waals surface area contributed by atoms with E-state index in [1.165, 1.54) is 13.0 Å². The highest BCUT2D eigenvalue weighted by molar-refractivity contribution is 5.82. The third kappa shape index (κ3) is 4.15. The first-order valence-electron chi connectivity index (χ1n) is 7.22. The Kier molecular flexibility index (Phi) is 6.00. The van der Waals surface area contributed by atoms with Crippen molar-refractivity contribution in [2.24, 2.45) is 5.73 Å². The van der Waals surface area contributed by atoms with Crippen LogP contribution < -0.4 is 11.1 Å². The van der Waals surface area contributed by atoms with E-state index in [1.54, 1.807) is 0 Å². The molecule has 0 unspecified atom stereocenters. The van der Waals surface area contributed by atoms with Gasteiger partial charge in [0.2, 0.25) is 5.91 Å². The predicted molar refractivity (Wildman–Crippen MR) is 85.4 cm³/mol. The summed E-state index contributed by atoms with van der Waals surface area (Å²) in [4.78, 5) is 32.5. The Morgan fingerprint density at radius 3 is 2.22 bits per heavy atom. The van der Waals surface area contributed by atoms with Gasteiger partial charge < -0.3 is 11.1 Å². The van der Waals surface area contributed by atoms with Crippen molar-refractivity contribution in [2.75, 3.05) is 5.32 Å². The summed E-state index contributed by atoms with van der Waals surface area (Å²) in [5.41, 5.74) is 4.56. The largest absolute Gasteiger partial charge is 0.371 e. The zero-order valence-electron chi connectivity index (χ0n) is 13.3. The highest BCUT2D eigenvalue weighted by Crippen LogP contribution is 2.40. The minimum Gasteiger partial charge on any atom is -0.371 e. The number of hydrogen-bond acceptors (Lipinski definition) is 6. The fourth-order valence-electron chi connectivity index (χ4n) is 2.39. The molecule has 9 nitrogen and oxygen atoms in total. The van der Waals surface area contributed by atoms with Crippen LogP contribution >= 0.6 is 0 Å². The average Bonchev–Trinajstić information content (AvgIpc) is 2.45. The Hall–Kier alpha value is -2.71. The Balaban J connectivity index is 3.63. The number of nitro groups is 2. The highest BCUT2D eigenvalue weighted by atomic mass is 16.6. The third-order valence-corrected chi connectivity index (χ3v) is 3.72. The molecule has 23 heavy (non-hydrogen) atoms. The Bertz CT molecular complexity index is 641. The molecule has 1 aromatic rings. The summed E-state index contributed by atoms with van der Waals surface area (Å²) in [6, 6.07) is 1.05. The summed E-state index contributed by atoms with van der Waals surface area (Å²) < 4.78 is 0. The molecule has 1 amide bonds. The van der Waals surface area contributed by atoms with Crippen LogP contribution in [0.3, 0.4) is 0 Å². The van der Waals surface area contributed by atoms with Crippen molar-refractivity contribution in [3.63, 3.8) is 0 Å². The van der Waals surface area contributed by atoms with Gasteiger partial charge in [-0.3, -0.25) is 25.0 Å². The molecule has 9 heteroatoms. The van der Waals surface area contributed by atoms with Crippen molar-refractivity contribution in [3.05, 3.63) is 37.4 Å². The number of benzene rings is 1. The standard InChI is InChI=1S/C14H20N4O5/c1-4-10(5-2)16-13-11(17(20)21)6-9(7-12(15)19)8(3)14(13)18(22)23/h6,10,16H,4-5,7H2,1-3H3,(H2,15,19). The zero-order valence-corrected chi connectivity index (χ0v) is 13.3. The fourth-order valence-corrected chi connectivity index (χ4v) is 2.39. The van der Waals surface area contributed by atoms with Crippen LogP contribution in [0.2, 0.25) is 0 Å². The van der Waals surface area contributed by atoms with E-state index >= 15 is 0 Å². The molecule has 1 rings (SSSR count). The molecule has 0 radical (unpaired) electrons. The second-order valence-corrected chi connectivity index (χ2v) is 5.22. The number of rotatable bonds is 8. The molecule has 0 bridgehead atoms. The maximum absolute atomic E-state index is 11.4. The van der Waals surface area contributed by atoms with Gasteiger partial charge in [0.25, 0.3) is 5.69 Å². The van der Waals surface area contributed by atoms with Crippen LogP contribution in [-0.4, -0.2) is 21.8 Å². The normalized spacial score (nSPS) is 10.6. The molecule has 0 atom stereocenters. The SMILES string of the molecule is CCC(CC)Nc1c([N+](=O)[O-])cc(CC(N)=O)c(C)c1[N+](=O)[O-]. The van der Waals surface area contributed by atoms with Crippen molar-refractivity contribution in [3.8, 4) is 0 Å². The molecule has 0 heterocycles. The van der Waals surface area contributed by atoms with Gasteiger partial charge >= 0.3 is 5.69 Å². The van der Waals surface area contributed by atoms with Gasteiger partial charge in [-0.05, 0) is 25.3 Å². The lowest BCUT2D eigenvalue weighted by atomic mass is 9.99. The number of anilines is 1. The van der Waals surface area contributed by atoms with Gasteiger partial charge in [-0.2, -0.15) is 0 Å². The van der Waals surface area contributed by atoms with E-state index in [9.17, 15) is 25.0 Å². The first-order valence-corrected chi connectivity index (χ1v) is 7.22. The van der Waals surface area contributed by atoms with Crippen molar-refractivity contribution < 1.29 is 14.6 Å². The number of carbonyl (C=O) groups excluding carboxylic acids is 1. The predicted octanol–water partition coefficient (Wildman–Crippen LogP) is 2.44. The number of nitrogens with zero attached hydrogens (tertiary/aromatic N) is 2. The summed E-state index contributed by atoms with van der Waals surface area (Å²) in [6.07, 6.45) is 1.03. The number of amides is 1. The van der Waals surface area contributed by atoms with Crippen LogP contribution in [0.1, 0.15) is 37.8 Å². The van der Waals surface area contributed by atoms with E-state index in [4.69, 9.17) is 5.73 Å². The van der Waals surface area contributed by atoms with Crippen molar-refractivity contribution in [1.82, 2.24) is 0 Å². The van der Waals surface area contributed by atoms with E-state index in [2.05, 4.69) is 5.32 Å². The van der Waals surface area contributed by atoms with Gasteiger partial charge in [0.15, 0.2) is 5.69 Å². The number of hydrogen-bond donors (Lipinski definition) is 2.